The van der Waals surface area contributed by atoms with Crippen LogP contribution in [0.25, 0.3) is 0 Å². The van der Waals surface area contributed by atoms with Crippen LogP contribution in [0.1, 0.15) is 25.7 Å². The molecule has 0 aromatic rings. The summed E-state index contributed by atoms with van der Waals surface area (Å²) in [7, 11) is 0. The number of nitrogens with two attached hydrogens (primary N) is 1. The van der Waals surface area contributed by atoms with Crippen molar-refractivity contribution in [3.05, 3.63) is 0 Å². The van der Waals surface area contributed by atoms with Crippen LogP contribution in [0.4, 0.5) is 13.2 Å². The molecule has 3 nitrogen and oxygen atoms in total. The van der Waals surface area contributed by atoms with Gasteiger partial charge in [0, 0.05) is 5.92 Å². The zero-order chi connectivity index (χ0) is 13.1. The van der Waals surface area contributed by atoms with E-state index in [4.69, 9.17) is 5.73 Å². The van der Waals surface area contributed by atoms with E-state index in [9.17, 15) is 18.0 Å². The van der Waals surface area contributed by atoms with Crippen LogP contribution in [0.3, 0.4) is 0 Å². The van der Waals surface area contributed by atoms with Gasteiger partial charge in [-0.25, -0.2) is 0 Å². The minimum atomic E-state index is -4.14. The van der Waals surface area contributed by atoms with Gasteiger partial charge in [-0.05, 0) is 25.7 Å². The number of thiocarbonyl (C=S) groups is 1. The zero-order valence-corrected chi connectivity index (χ0v) is 10.0. The fraction of sp³-hybridized carbons (Fsp3) is 0.800. The standard InChI is InChI=1S/C10H15F3N2OS/c11-10(12,13)7-3-1-6(2-4-7)9(16)15-5-8(14)17/h6-7H,1-5H2,(H2,14,17)(H,15,16). The number of hydrogen-bond donors (Lipinski definition) is 2. The Morgan fingerprint density at radius 1 is 1.29 bits per heavy atom. The van der Waals surface area contributed by atoms with Crippen molar-refractivity contribution >= 4 is 23.1 Å². The lowest BCUT2D eigenvalue weighted by molar-refractivity contribution is -0.184. The van der Waals surface area contributed by atoms with Gasteiger partial charge in [-0.1, -0.05) is 12.2 Å². The first-order valence-corrected chi connectivity index (χ1v) is 5.84. The molecule has 1 amide bonds. The molecule has 0 aliphatic heterocycles. The molecule has 1 aliphatic rings. The van der Waals surface area contributed by atoms with Crippen LogP contribution >= 0.6 is 12.2 Å². The minimum absolute atomic E-state index is 0.0225. The molecular weight excluding hydrogens is 253 g/mol. The average molecular weight is 268 g/mol. The lowest BCUT2D eigenvalue weighted by Gasteiger charge is -2.29. The summed E-state index contributed by atoms with van der Waals surface area (Å²) in [6, 6.07) is 0. The zero-order valence-electron chi connectivity index (χ0n) is 9.22. The third-order valence-corrected chi connectivity index (χ3v) is 3.14. The number of alkyl halides is 3. The Morgan fingerprint density at radius 2 is 1.82 bits per heavy atom. The molecule has 17 heavy (non-hydrogen) atoms. The average Bonchev–Trinajstić information content (AvgIpc) is 2.25. The van der Waals surface area contributed by atoms with Gasteiger partial charge < -0.3 is 11.1 Å². The highest BCUT2D eigenvalue weighted by Crippen LogP contribution is 2.39. The Labute approximate surface area is 103 Å². The fourth-order valence-electron chi connectivity index (χ4n) is 2.00. The number of rotatable bonds is 3. The fourth-order valence-corrected chi connectivity index (χ4v) is 2.07. The molecule has 1 rings (SSSR count). The third-order valence-electron chi connectivity index (χ3n) is 3.00. The molecular formula is C10H15F3N2OS. The Morgan fingerprint density at radius 3 is 2.24 bits per heavy atom. The Balaban J connectivity index is 2.36. The predicted molar refractivity (Wildman–Crippen MR) is 61.3 cm³/mol. The van der Waals surface area contributed by atoms with Gasteiger partial charge >= 0.3 is 6.18 Å². The second-order valence-electron chi connectivity index (χ2n) is 4.27. The van der Waals surface area contributed by atoms with Crippen molar-refractivity contribution in [3.8, 4) is 0 Å². The summed E-state index contributed by atoms with van der Waals surface area (Å²) in [4.78, 5) is 11.7. The summed E-state index contributed by atoms with van der Waals surface area (Å²) in [5, 5.41) is 2.52. The summed E-state index contributed by atoms with van der Waals surface area (Å²) in [5.74, 6) is -1.86. The SMILES string of the molecule is NC(=S)CNC(=O)C1CCC(C(F)(F)F)CC1. The second-order valence-corrected chi connectivity index (χ2v) is 4.80. The van der Waals surface area contributed by atoms with Crippen LogP contribution in [0.15, 0.2) is 0 Å². The molecule has 0 aromatic carbocycles. The number of carbonyl (C=O) groups excluding carboxylic acids is 1. The quantitative estimate of drug-likeness (QED) is 0.767. The first kappa shape index (κ1) is 14.2. The maximum absolute atomic E-state index is 12.4. The topological polar surface area (TPSA) is 55.1 Å². The van der Waals surface area contributed by atoms with Crippen LogP contribution < -0.4 is 11.1 Å². The molecule has 0 unspecified atom stereocenters. The van der Waals surface area contributed by atoms with Crippen molar-refractivity contribution in [2.45, 2.75) is 31.9 Å². The van der Waals surface area contributed by atoms with E-state index < -0.39 is 12.1 Å². The molecule has 0 atom stereocenters. The molecule has 7 heteroatoms. The van der Waals surface area contributed by atoms with Crippen molar-refractivity contribution in [2.24, 2.45) is 17.6 Å². The summed E-state index contributed by atoms with van der Waals surface area (Å²) >= 11 is 4.60. The number of amides is 1. The van der Waals surface area contributed by atoms with Crippen molar-refractivity contribution in [1.29, 1.82) is 0 Å². The van der Waals surface area contributed by atoms with Crippen LogP contribution in [-0.2, 0) is 4.79 Å². The van der Waals surface area contributed by atoms with E-state index in [1.807, 2.05) is 0 Å². The molecule has 0 heterocycles. The summed E-state index contributed by atoms with van der Waals surface area (Å²) in [5.41, 5.74) is 5.22. The van der Waals surface area contributed by atoms with Gasteiger partial charge in [0.2, 0.25) is 5.91 Å². The van der Waals surface area contributed by atoms with E-state index in [1.54, 1.807) is 0 Å². The summed E-state index contributed by atoms with van der Waals surface area (Å²) < 4.78 is 37.2. The summed E-state index contributed by atoms with van der Waals surface area (Å²) in [6.45, 7) is 0.105. The van der Waals surface area contributed by atoms with Gasteiger partial charge in [-0.3, -0.25) is 4.79 Å². The van der Waals surface area contributed by atoms with E-state index in [-0.39, 0.29) is 49.0 Å². The molecule has 3 N–H and O–H groups in total. The van der Waals surface area contributed by atoms with E-state index in [1.165, 1.54) is 0 Å². The van der Waals surface area contributed by atoms with Gasteiger partial charge in [0.1, 0.15) is 0 Å². The van der Waals surface area contributed by atoms with Gasteiger partial charge in [-0.2, -0.15) is 13.2 Å². The molecule has 0 aromatic heterocycles. The van der Waals surface area contributed by atoms with Gasteiger partial charge in [-0.15, -0.1) is 0 Å². The van der Waals surface area contributed by atoms with Crippen molar-refractivity contribution in [3.63, 3.8) is 0 Å². The third kappa shape index (κ3) is 4.49. The van der Waals surface area contributed by atoms with Crippen LogP contribution in [0.5, 0.6) is 0 Å². The second kappa shape index (κ2) is 5.66. The minimum Gasteiger partial charge on any atom is -0.392 e. The largest absolute Gasteiger partial charge is 0.392 e. The molecule has 1 aliphatic carbocycles. The monoisotopic (exact) mass is 268 g/mol. The molecule has 0 bridgehead atoms. The van der Waals surface area contributed by atoms with Gasteiger partial charge in [0.15, 0.2) is 0 Å². The van der Waals surface area contributed by atoms with Crippen LogP contribution in [0, 0.1) is 11.8 Å². The highest BCUT2D eigenvalue weighted by atomic mass is 32.1. The molecule has 98 valence electrons. The summed E-state index contributed by atoms with van der Waals surface area (Å²) in [6.07, 6.45) is -3.55. The van der Waals surface area contributed by atoms with E-state index in [0.29, 0.717) is 0 Å². The Kier molecular flexibility index (Phi) is 4.73. The lowest BCUT2D eigenvalue weighted by Crippen LogP contribution is -2.39. The van der Waals surface area contributed by atoms with Crippen LogP contribution in [0.2, 0.25) is 0 Å². The first-order valence-electron chi connectivity index (χ1n) is 5.43. The normalized spacial score (nSPS) is 25.4. The molecule has 0 saturated heterocycles. The van der Waals surface area contributed by atoms with Gasteiger partial charge in [0.05, 0.1) is 17.5 Å². The maximum atomic E-state index is 12.4. The Hall–Kier alpha value is -0.850. The van der Waals surface area contributed by atoms with Crippen molar-refractivity contribution in [1.82, 2.24) is 5.32 Å². The van der Waals surface area contributed by atoms with Crippen molar-refractivity contribution in [2.75, 3.05) is 6.54 Å². The molecule has 1 fully saturated rings. The van der Waals surface area contributed by atoms with Crippen LogP contribution in [-0.4, -0.2) is 23.6 Å². The van der Waals surface area contributed by atoms with Gasteiger partial charge in [0.25, 0.3) is 0 Å². The van der Waals surface area contributed by atoms with E-state index in [2.05, 4.69) is 17.5 Å². The number of halogens is 3. The highest BCUT2D eigenvalue weighted by Gasteiger charge is 2.42. The lowest BCUT2D eigenvalue weighted by atomic mass is 9.81. The van der Waals surface area contributed by atoms with E-state index in [0.717, 1.165) is 0 Å². The van der Waals surface area contributed by atoms with Crippen molar-refractivity contribution < 1.29 is 18.0 Å². The molecule has 0 radical (unpaired) electrons. The van der Waals surface area contributed by atoms with E-state index >= 15 is 0 Å². The number of hydrogen-bond acceptors (Lipinski definition) is 2. The smallest absolute Gasteiger partial charge is 0.391 e. The highest BCUT2D eigenvalue weighted by molar-refractivity contribution is 7.80. The maximum Gasteiger partial charge on any atom is 0.391 e. The number of carbonyl (C=O) groups is 1. The predicted octanol–water partition coefficient (Wildman–Crippen LogP) is 1.76. The number of nitrogens with one attached hydrogen (secondary N) is 1. The Bertz CT molecular complexity index is 298. The molecule has 0 spiro atoms. The first-order chi connectivity index (χ1) is 7.80. The molecule has 1 saturated carbocycles.